The number of rotatable bonds is 9. The molecule has 0 unspecified atom stereocenters. The Hall–Kier alpha value is -4.71. The fourth-order valence-electron chi connectivity index (χ4n) is 5.98. The van der Waals surface area contributed by atoms with Crippen molar-refractivity contribution in [1.29, 1.82) is 0 Å². The number of aromatic amines is 1. The molecule has 6 rings (SSSR count). The summed E-state index contributed by atoms with van der Waals surface area (Å²) in [5.41, 5.74) is 0.0733. The van der Waals surface area contributed by atoms with Crippen molar-refractivity contribution >= 4 is 5.97 Å². The van der Waals surface area contributed by atoms with Crippen molar-refractivity contribution in [1.82, 2.24) is 9.55 Å². The van der Waals surface area contributed by atoms with Gasteiger partial charge >= 0.3 is 11.7 Å². The number of ether oxygens (including phenoxy) is 6. The molecule has 1 N–H and O–H groups in total. The van der Waals surface area contributed by atoms with Crippen molar-refractivity contribution in [2.45, 2.75) is 43.2 Å². The van der Waals surface area contributed by atoms with Crippen molar-refractivity contribution in [2.24, 2.45) is 0 Å². The first-order valence-electron chi connectivity index (χ1n) is 14.1. The molecule has 44 heavy (non-hydrogen) atoms. The van der Waals surface area contributed by atoms with Crippen molar-refractivity contribution in [3.8, 4) is 11.5 Å². The third-order valence-corrected chi connectivity index (χ3v) is 7.97. The minimum absolute atomic E-state index is 0.126. The number of esters is 1. The number of aromatic nitrogens is 2. The van der Waals surface area contributed by atoms with Gasteiger partial charge in [-0.3, -0.25) is 19.1 Å². The van der Waals surface area contributed by atoms with Gasteiger partial charge in [-0.05, 0) is 41.0 Å². The predicted octanol–water partition coefficient (Wildman–Crippen LogP) is 3.16. The lowest BCUT2D eigenvalue weighted by Crippen LogP contribution is -2.42. The number of hydrogen-bond donors (Lipinski definition) is 1. The topological polar surface area (TPSA) is 127 Å². The van der Waals surface area contributed by atoms with Gasteiger partial charge in [0.05, 0.1) is 20.8 Å². The number of H-pyrrole nitrogens is 1. The lowest BCUT2D eigenvalue weighted by molar-refractivity contribution is -0.162. The van der Waals surface area contributed by atoms with Gasteiger partial charge in [-0.25, -0.2) is 4.79 Å². The Labute approximate surface area is 252 Å². The number of nitrogens with zero attached hydrogens (tertiary/aromatic N) is 1. The van der Waals surface area contributed by atoms with Crippen LogP contribution in [-0.2, 0) is 29.3 Å². The van der Waals surface area contributed by atoms with Gasteiger partial charge in [0.1, 0.15) is 35.4 Å². The quantitative estimate of drug-likeness (QED) is 0.228. The van der Waals surface area contributed by atoms with E-state index < -0.39 is 53.5 Å². The van der Waals surface area contributed by atoms with E-state index in [-0.39, 0.29) is 6.61 Å². The third kappa shape index (κ3) is 5.30. The molecule has 228 valence electrons. The van der Waals surface area contributed by atoms with Crippen LogP contribution in [0.25, 0.3) is 0 Å². The first-order chi connectivity index (χ1) is 21.3. The van der Waals surface area contributed by atoms with Crippen LogP contribution in [0.15, 0.2) is 101 Å². The highest BCUT2D eigenvalue weighted by Crippen LogP contribution is 2.46. The minimum Gasteiger partial charge on any atom is -0.497 e. The van der Waals surface area contributed by atoms with E-state index in [0.717, 1.165) is 16.7 Å². The molecule has 0 bridgehead atoms. The molecule has 2 saturated heterocycles. The monoisotopic (exact) mass is 600 g/mol. The molecule has 0 radical (unpaired) electrons. The molecule has 11 heteroatoms. The van der Waals surface area contributed by atoms with Crippen molar-refractivity contribution < 1.29 is 33.2 Å². The molecule has 0 saturated carbocycles. The molecule has 5 atom stereocenters. The van der Waals surface area contributed by atoms with Crippen molar-refractivity contribution in [3.63, 3.8) is 0 Å². The van der Waals surface area contributed by atoms with E-state index in [9.17, 15) is 14.4 Å². The molecule has 0 spiro atoms. The molecular weight excluding hydrogens is 568 g/mol. The second kappa shape index (κ2) is 12.1. The Balaban J connectivity index is 1.46. The second-order valence-corrected chi connectivity index (χ2v) is 10.5. The fourth-order valence-corrected chi connectivity index (χ4v) is 5.98. The van der Waals surface area contributed by atoms with Crippen LogP contribution in [0, 0.1) is 0 Å². The van der Waals surface area contributed by atoms with Gasteiger partial charge in [-0.2, -0.15) is 0 Å². The van der Waals surface area contributed by atoms with Gasteiger partial charge in [-0.15, -0.1) is 0 Å². The van der Waals surface area contributed by atoms with Gasteiger partial charge in [0.2, 0.25) is 0 Å². The van der Waals surface area contributed by atoms with Crippen LogP contribution in [-0.4, -0.2) is 60.8 Å². The zero-order valence-electron chi connectivity index (χ0n) is 24.4. The SMILES string of the molecule is COc1ccc(C(O[C@@H]2CO[C@@H]3[C@@H](OC(C)=O)[C@H](n4ccc(=O)[nH]c4=O)O[C@@H]32)(c2ccccc2)c2ccc(OC)cc2)cc1. The number of fused-ring (bicyclic) bond motifs is 1. The standard InChI is InChI=1S/C33H32N2O9/c1-20(36)42-30-29-28(43-31(30)35-18-17-27(37)34-32(35)38)26(19-41-29)44-33(21-7-5-4-6-8-21,22-9-13-24(39-2)14-10-22)23-11-15-25(40-3)16-12-23/h4-18,26,28-31H,19H2,1-3H3,(H,34,37,38)/t26-,28-,29+,30-,31-/m1/s1. The van der Waals surface area contributed by atoms with E-state index in [1.54, 1.807) is 14.2 Å². The molecule has 0 aliphatic carbocycles. The molecule has 3 heterocycles. The Kier molecular flexibility index (Phi) is 8.09. The zero-order chi connectivity index (χ0) is 30.8. The summed E-state index contributed by atoms with van der Waals surface area (Å²) in [4.78, 5) is 38.9. The summed E-state index contributed by atoms with van der Waals surface area (Å²) in [7, 11) is 3.22. The highest BCUT2D eigenvalue weighted by Gasteiger charge is 2.57. The number of hydrogen-bond acceptors (Lipinski definition) is 9. The van der Waals surface area contributed by atoms with Gasteiger partial charge in [0.15, 0.2) is 12.3 Å². The Morgan fingerprint density at radius 1 is 0.841 bits per heavy atom. The number of nitrogens with one attached hydrogen (secondary N) is 1. The molecule has 1 aromatic heterocycles. The van der Waals surface area contributed by atoms with Crippen molar-refractivity contribution in [3.05, 3.63) is 129 Å². The first-order valence-corrected chi connectivity index (χ1v) is 14.1. The van der Waals surface area contributed by atoms with E-state index in [1.165, 1.54) is 23.8 Å². The van der Waals surface area contributed by atoms with Gasteiger partial charge in [-0.1, -0.05) is 54.6 Å². The molecule has 2 aliphatic rings. The van der Waals surface area contributed by atoms with Crippen LogP contribution in [0.3, 0.4) is 0 Å². The van der Waals surface area contributed by atoms with Crippen LogP contribution >= 0.6 is 0 Å². The number of methoxy groups -OCH3 is 2. The van der Waals surface area contributed by atoms with E-state index in [2.05, 4.69) is 4.98 Å². The molecular formula is C33H32N2O9. The summed E-state index contributed by atoms with van der Waals surface area (Å²) in [5, 5.41) is 0. The number of benzene rings is 3. The summed E-state index contributed by atoms with van der Waals surface area (Å²) >= 11 is 0. The van der Waals surface area contributed by atoms with Crippen LogP contribution in [0.5, 0.6) is 11.5 Å². The average Bonchev–Trinajstić information content (AvgIpc) is 3.59. The minimum atomic E-state index is -1.16. The van der Waals surface area contributed by atoms with E-state index in [4.69, 9.17) is 28.4 Å². The predicted molar refractivity (Wildman–Crippen MR) is 158 cm³/mol. The van der Waals surface area contributed by atoms with Gasteiger partial charge in [0, 0.05) is 19.2 Å². The Morgan fingerprint density at radius 2 is 1.43 bits per heavy atom. The van der Waals surface area contributed by atoms with Crippen LogP contribution in [0.1, 0.15) is 29.8 Å². The first kappa shape index (κ1) is 29.4. The summed E-state index contributed by atoms with van der Waals surface area (Å²) in [6.45, 7) is 1.40. The normalized spacial score (nSPS) is 22.8. The maximum absolute atomic E-state index is 12.7. The molecule has 11 nitrogen and oxygen atoms in total. The molecule has 2 aliphatic heterocycles. The lowest BCUT2D eigenvalue weighted by atomic mass is 9.79. The van der Waals surface area contributed by atoms with Crippen LogP contribution in [0.2, 0.25) is 0 Å². The van der Waals surface area contributed by atoms with Crippen LogP contribution < -0.4 is 20.7 Å². The Morgan fingerprint density at radius 3 is 1.98 bits per heavy atom. The summed E-state index contributed by atoms with van der Waals surface area (Å²) in [6, 6.07) is 26.3. The fraction of sp³-hybridized carbons (Fsp3) is 0.303. The van der Waals surface area contributed by atoms with Crippen molar-refractivity contribution in [2.75, 3.05) is 20.8 Å². The average molecular weight is 601 g/mol. The number of carbonyl (C=O) groups excluding carboxylic acids is 1. The molecule has 0 amide bonds. The zero-order valence-corrected chi connectivity index (χ0v) is 24.4. The maximum atomic E-state index is 12.7. The molecule has 3 aromatic carbocycles. The summed E-state index contributed by atoms with van der Waals surface area (Å²) in [6.07, 6.45) is -2.87. The summed E-state index contributed by atoms with van der Waals surface area (Å²) < 4.78 is 37.5. The smallest absolute Gasteiger partial charge is 0.330 e. The Bertz CT molecular complexity index is 1670. The molecule has 2 fully saturated rings. The lowest BCUT2D eigenvalue weighted by Gasteiger charge is -2.39. The van der Waals surface area contributed by atoms with Crippen LogP contribution in [0.4, 0.5) is 0 Å². The van der Waals surface area contributed by atoms with Gasteiger partial charge in [0.25, 0.3) is 5.56 Å². The molecule has 4 aromatic rings. The van der Waals surface area contributed by atoms with E-state index >= 15 is 0 Å². The highest BCUT2D eigenvalue weighted by atomic mass is 16.7. The largest absolute Gasteiger partial charge is 0.497 e. The summed E-state index contributed by atoms with van der Waals surface area (Å²) in [5.74, 6) is 0.810. The number of carbonyl (C=O) groups is 1. The second-order valence-electron chi connectivity index (χ2n) is 10.5. The maximum Gasteiger partial charge on any atom is 0.330 e. The van der Waals surface area contributed by atoms with E-state index in [1.807, 2.05) is 78.9 Å². The van der Waals surface area contributed by atoms with E-state index in [0.29, 0.717) is 11.5 Å². The highest BCUT2D eigenvalue weighted by molar-refractivity contribution is 5.66. The third-order valence-electron chi connectivity index (χ3n) is 7.97. The van der Waals surface area contributed by atoms with Gasteiger partial charge < -0.3 is 28.4 Å².